The molecular formula is C24H39IN6O. The van der Waals surface area contributed by atoms with Gasteiger partial charge in [-0.1, -0.05) is 31.2 Å². The van der Waals surface area contributed by atoms with E-state index in [9.17, 15) is 0 Å². The van der Waals surface area contributed by atoms with Gasteiger partial charge in [0.2, 0.25) is 0 Å². The molecule has 32 heavy (non-hydrogen) atoms. The zero-order valence-corrected chi connectivity index (χ0v) is 22.3. The van der Waals surface area contributed by atoms with E-state index in [4.69, 9.17) is 9.73 Å². The molecule has 0 spiro atoms. The Morgan fingerprint density at radius 2 is 1.88 bits per heavy atom. The van der Waals surface area contributed by atoms with Crippen molar-refractivity contribution in [2.75, 3.05) is 39.4 Å². The van der Waals surface area contributed by atoms with Crippen LogP contribution in [0.4, 0.5) is 0 Å². The van der Waals surface area contributed by atoms with Crippen LogP contribution in [-0.2, 0) is 24.4 Å². The SMILES string of the molecule is CCNC(=NCc1ccccc1CN1CCOCC1)NCC(C)Cn1nc(C)cc1C.I. The van der Waals surface area contributed by atoms with Crippen LogP contribution in [0.15, 0.2) is 35.3 Å². The van der Waals surface area contributed by atoms with E-state index in [1.54, 1.807) is 0 Å². The monoisotopic (exact) mass is 554 g/mol. The van der Waals surface area contributed by atoms with E-state index in [2.05, 4.69) is 76.4 Å². The maximum absolute atomic E-state index is 5.48. The number of aryl methyl sites for hydroxylation is 2. The van der Waals surface area contributed by atoms with Crippen LogP contribution >= 0.6 is 24.0 Å². The maximum Gasteiger partial charge on any atom is 0.191 e. The summed E-state index contributed by atoms with van der Waals surface area (Å²) in [5, 5.41) is 11.5. The van der Waals surface area contributed by atoms with Gasteiger partial charge >= 0.3 is 0 Å². The van der Waals surface area contributed by atoms with Gasteiger partial charge < -0.3 is 15.4 Å². The molecule has 1 saturated heterocycles. The lowest BCUT2D eigenvalue weighted by atomic mass is 10.1. The Morgan fingerprint density at radius 1 is 1.16 bits per heavy atom. The molecule has 0 aliphatic carbocycles. The van der Waals surface area contributed by atoms with Crippen molar-refractivity contribution in [3.8, 4) is 0 Å². The molecule has 0 bridgehead atoms. The van der Waals surface area contributed by atoms with Gasteiger partial charge in [0.05, 0.1) is 25.5 Å². The Balaban J connectivity index is 0.00000363. The average molecular weight is 555 g/mol. The number of aliphatic imine (C=N–C) groups is 1. The Kier molecular flexibility index (Phi) is 11.5. The highest BCUT2D eigenvalue weighted by molar-refractivity contribution is 14.0. The Labute approximate surface area is 210 Å². The van der Waals surface area contributed by atoms with E-state index >= 15 is 0 Å². The quantitative estimate of drug-likeness (QED) is 0.283. The van der Waals surface area contributed by atoms with Crippen LogP contribution in [0.2, 0.25) is 0 Å². The normalized spacial score (nSPS) is 15.8. The fraction of sp³-hybridized carbons (Fsp3) is 0.583. The first-order chi connectivity index (χ1) is 15.0. The maximum atomic E-state index is 5.48. The van der Waals surface area contributed by atoms with Crippen molar-refractivity contribution in [1.82, 2.24) is 25.3 Å². The number of nitrogens with one attached hydrogen (secondary N) is 2. The standard InChI is InChI=1S/C24H38N6O.HI/c1-5-25-24(26-15-19(2)17-30-21(4)14-20(3)28-30)27-16-22-8-6-7-9-23(22)18-29-10-12-31-13-11-29;/h6-9,14,19H,5,10-13,15-18H2,1-4H3,(H2,25,26,27);1H. The van der Waals surface area contributed by atoms with Gasteiger partial charge in [-0.3, -0.25) is 9.58 Å². The van der Waals surface area contributed by atoms with Gasteiger partial charge in [-0.15, -0.1) is 24.0 Å². The highest BCUT2D eigenvalue weighted by atomic mass is 127. The number of hydrogen-bond donors (Lipinski definition) is 2. The summed E-state index contributed by atoms with van der Waals surface area (Å²) in [5.74, 6) is 1.30. The lowest BCUT2D eigenvalue weighted by Gasteiger charge is -2.27. The summed E-state index contributed by atoms with van der Waals surface area (Å²) >= 11 is 0. The van der Waals surface area contributed by atoms with Gasteiger partial charge in [-0.25, -0.2) is 4.99 Å². The van der Waals surface area contributed by atoms with E-state index in [1.807, 2.05) is 6.92 Å². The van der Waals surface area contributed by atoms with Crippen molar-refractivity contribution < 1.29 is 4.74 Å². The zero-order chi connectivity index (χ0) is 22.1. The minimum Gasteiger partial charge on any atom is -0.379 e. The molecule has 1 fully saturated rings. The van der Waals surface area contributed by atoms with Crippen molar-refractivity contribution in [1.29, 1.82) is 0 Å². The van der Waals surface area contributed by atoms with Gasteiger partial charge in [0.15, 0.2) is 5.96 Å². The largest absolute Gasteiger partial charge is 0.379 e. The second-order valence-corrected chi connectivity index (χ2v) is 8.45. The minimum atomic E-state index is 0. The highest BCUT2D eigenvalue weighted by Gasteiger charge is 2.13. The molecule has 8 heteroatoms. The molecule has 1 aromatic carbocycles. The van der Waals surface area contributed by atoms with Crippen molar-refractivity contribution in [3.63, 3.8) is 0 Å². The Morgan fingerprint density at radius 3 is 2.53 bits per heavy atom. The summed E-state index contributed by atoms with van der Waals surface area (Å²) in [6.45, 7) is 16.3. The second-order valence-electron chi connectivity index (χ2n) is 8.45. The third kappa shape index (κ3) is 8.37. The molecular weight excluding hydrogens is 515 g/mol. The van der Waals surface area contributed by atoms with Gasteiger partial charge in [0.1, 0.15) is 0 Å². The number of aromatic nitrogens is 2. The van der Waals surface area contributed by atoms with Gasteiger partial charge in [-0.2, -0.15) is 5.10 Å². The zero-order valence-electron chi connectivity index (χ0n) is 19.9. The third-order valence-corrected chi connectivity index (χ3v) is 5.57. The number of morpholine rings is 1. The number of guanidine groups is 1. The molecule has 1 unspecified atom stereocenters. The molecule has 1 aliphatic heterocycles. The molecule has 2 N–H and O–H groups in total. The molecule has 0 saturated carbocycles. The summed E-state index contributed by atoms with van der Waals surface area (Å²) < 4.78 is 7.57. The number of halogens is 1. The van der Waals surface area contributed by atoms with E-state index in [1.165, 1.54) is 16.8 Å². The average Bonchev–Trinajstić information content (AvgIpc) is 3.08. The number of hydrogen-bond acceptors (Lipinski definition) is 4. The summed E-state index contributed by atoms with van der Waals surface area (Å²) in [5.41, 5.74) is 4.91. The predicted octanol–water partition coefficient (Wildman–Crippen LogP) is 3.34. The van der Waals surface area contributed by atoms with Crippen molar-refractivity contribution in [3.05, 3.63) is 52.8 Å². The van der Waals surface area contributed by atoms with Crippen molar-refractivity contribution >= 4 is 29.9 Å². The summed E-state index contributed by atoms with van der Waals surface area (Å²) in [6.07, 6.45) is 0. The van der Waals surface area contributed by atoms with Crippen LogP contribution in [0.25, 0.3) is 0 Å². The number of nitrogens with zero attached hydrogens (tertiary/aromatic N) is 4. The van der Waals surface area contributed by atoms with E-state index < -0.39 is 0 Å². The summed E-state index contributed by atoms with van der Waals surface area (Å²) in [4.78, 5) is 7.32. The van der Waals surface area contributed by atoms with Gasteiger partial charge in [-0.05, 0) is 43.9 Å². The first-order valence-electron chi connectivity index (χ1n) is 11.4. The molecule has 7 nitrogen and oxygen atoms in total. The molecule has 178 valence electrons. The van der Waals surface area contributed by atoms with Crippen LogP contribution in [0.5, 0.6) is 0 Å². The second kappa shape index (κ2) is 13.8. The van der Waals surface area contributed by atoms with Crippen LogP contribution in [0, 0.1) is 19.8 Å². The van der Waals surface area contributed by atoms with E-state index in [0.29, 0.717) is 12.5 Å². The van der Waals surface area contributed by atoms with Crippen LogP contribution in [0.1, 0.15) is 36.4 Å². The van der Waals surface area contributed by atoms with Crippen molar-refractivity contribution in [2.45, 2.75) is 47.3 Å². The molecule has 2 heterocycles. The summed E-state index contributed by atoms with van der Waals surface area (Å²) in [6, 6.07) is 10.8. The lowest BCUT2D eigenvalue weighted by molar-refractivity contribution is 0.0341. The molecule has 1 aliphatic rings. The molecule has 1 aromatic heterocycles. The van der Waals surface area contributed by atoms with Crippen LogP contribution in [0.3, 0.4) is 0 Å². The van der Waals surface area contributed by atoms with Crippen molar-refractivity contribution in [2.24, 2.45) is 10.9 Å². The number of ether oxygens (including phenoxy) is 1. The smallest absolute Gasteiger partial charge is 0.191 e. The first-order valence-corrected chi connectivity index (χ1v) is 11.4. The molecule has 1 atom stereocenters. The molecule has 3 rings (SSSR count). The first kappa shape index (κ1) is 26.6. The molecule has 0 radical (unpaired) electrons. The molecule has 0 amide bonds. The highest BCUT2D eigenvalue weighted by Crippen LogP contribution is 2.14. The van der Waals surface area contributed by atoms with E-state index in [-0.39, 0.29) is 24.0 Å². The predicted molar refractivity (Wildman–Crippen MR) is 142 cm³/mol. The Bertz CT molecular complexity index is 847. The minimum absolute atomic E-state index is 0. The number of benzene rings is 1. The van der Waals surface area contributed by atoms with Crippen LogP contribution < -0.4 is 10.6 Å². The topological polar surface area (TPSA) is 66.7 Å². The van der Waals surface area contributed by atoms with Gasteiger partial charge in [0, 0.05) is 45.0 Å². The third-order valence-electron chi connectivity index (χ3n) is 5.57. The van der Waals surface area contributed by atoms with Gasteiger partial charge in [0.25, 0.3) is 0 Å². The fourth-order valence-corrected chi connectivity index (χ4v) is 3.86. The van der Waals surface area contributed by atoms with E-state index in [0.717, 1.165) is 64.1 Å². The summed E-state index contributed by atoms with van der Waals surface area (Å²) in [7, 11) is 0. The fourth-order valence-electron chi connectivity index (χ4n) is 3.86. The number of rotatable bonds is 9. The molecule has 2 aromatic rings. The van der Waals surface area contributed by atoms with Crippen LogP contribution in [-0.4, -0.2) is 60.0 Å². The lowest BCUT2D eigenvalue weighted by Crippen LogP contribution is -2.40. The Hall–Kier alpha value is -1.65.